The van der Waals surface area contributed by atoms with E-state index in [1.165, 1.54) is 0 Å². The van der Waals surface area contributed by atoms with Crippen molar-refractivity contribution in [2.75, 3.05) is 12.4 Å². The molecule has 2 aromatic rings. The van der Waals surface area contributed by atoms with Crippen molar-refractivity contribution < 1.29 is 14.3 Å². The normalized spacial score (nSPS) is 16.7. The largest absolute Gasteiger partial charge is 0.496 e. The van der Waals surface area contributed by atoms with Crippen LogP contribution in [0.25, 0.3) is 0 Å². The lowest BCUT2D eigenvalue weighted by molar-refractivity contribution is -0.113. The number of benzene rings is 2. The first-order valence-electron chi connectivity index (χ1n) is 7.87. The maximum Gasteiger partial charge on any atom is 0.319 e. The highest BCUT2D eigenvalue weighted by atomic mass is 16.5. The van der Waals surface area contributed by atoms with Crippen molar-refractivity contribution in [1.29, 1.82) is 0 Å². The van der Waals surface area contributed by atoms with Gasteiger partial charge in [-0.15, -0.1) is 0 Å². The van der Waals surface area contributed by atoms with Gasteiger partial charge in [0, 0.05) is 16.9 Å². The van der Waals surface area contributed by atoms with Gasteiger partial charge >= 0.3 is 6.03 Å². The number of para-hydroxylation sites is 2. The lowest BCUT2D eigenvalue weighted by atomic mass is 9.94. The Morgan fingerprint density at radius 3 is 2.48 bits per heavy atom. The van der Waals surface area contributed by atoms with Crippen LogP contribution in [0.5, 0.6) is 5.75 Å². The number of hydrogen-bond acceptors (Lipinski definition) is 3. The van der Waals surface area contributed by atoms with Crippen molar-refractivity contribution in [2.45, 2.75) is 13.0 Å². The third-order valence-electron chi connectivity index (χ3n) is 4.00. The number of carbonyl (C=O) groups is 2. The second-order valence-corrected chi connectivity index (χ2v) is 5.63. The highest BCUT2D eigenvalue weighted by molar-refractivity contribution is 6.06. The van der Waals surface area contributed by atoms with Crippen LogP contribution in [-0.2, 0) is 4.79 Å². The van der Waals surface area contributed by atoms with Crippen molar-refractivity contribution in [1.82, 2.24) is 10.6 Å². The predicted molar refractivity (Wildman–Crippen MR) is 95.2 cm³/mol. The van der Waals surface area contributed by atoms with Crippen LogP contribution in [0.15, 0.2) is 65.9 Å². The molecule has 1 heterocycles. The van der Waals surface area contributed by atoms with Crippen molar-refractivity contribution >= 4 is 17.6 Å². The number of rotatable bonds is 4. The summed E-state index contributed by atoms with van der Waals surface area (Å²) in [5.74, 6) is 0.319. The zero-order valence-corrected chi connectivity index (χ0v) is 14.0. The standard InChI is InChI=1S/C19H19N3O3/c1-12-16(18(23)21-13-8-4-3-5-9-13)17(22-19(24)20-12)14-10-6-7-11-15(14)25-2/h3-11,17H,1-2H3,(H,21,23)(H2,20,22,24)/t17-/m1/s1. The minimum Gasteiger partial charge on any atom is -0.496 e. The van der Waals surface area contributed by atoms with Crippen LogP contribution in [0.4, 0.5) is 10.5 Å². The summed E-state index contributed by atoms with van der Waals surface area (Å²) in [6.45, 7) is 1.71. The van der Waals surface area contributed by atoms with E-state index in [9.17, 15) is 9.59 Å². The highest BCUT2D eigenvalue weighted by Crippen LogP contribution is 2.33. The maximum atomic E-state index is 12.9. The van der Waals surface area contributed by atoms with E-state index >= 15 is 0 Å². The van der Waals surface area contributed by atoms with E-state index in [1.54, 1.807) is 32.2 Å². The monoisotopic (exact) mass is 337 g/mol. The SMILES string of the molecule is COc1ccccc1[C@H]1NC(=O)NC(C)=C1C(=O)Nc1ccccc1. The molecule has 128 valence electrons. The average molecular weight is 337 g/mol. The molecule has 0 unspecified atom stereocenters. The average Bonchev–Trinajstić information content (AvgIpc) is 2.61. The molecule has 0 bridgehead atoms. The van der Waals surface area contributed by atoms with Gasteiger partial charge in [-0.2, -0.15) is 0 Å². The number of anilines is 1. The third-order valence-corrected chi connectivity index (χ3v) is 4.00. The summed E-state index contributed by atoms with van der Waals surface area (Å²) in [6.07, 6.45) is 0. The molecule has 3 rings (SSSR count). The number of hydrogen-bond donors (Lipinski definition) is 3. The Bertz CT molecular complexity index is 831. The molecular formula is C19H19N3O3. The highest BCUT2D eigenvalue weighted by Gasteiger charge is 2.32. The summed E-state index contributed by atoms with van der Waals surface area (Å²) < 4.78 is 5.39. The number of ether oxygens (including phenoxy) is 1. The van der Waals surface area contributed by atoms with Crippen molar-refractivity contribution in [3.8, 4) is 5.75 Å². The van der Waals surface area contributed by atoms with E-state index in [0.29, 0.717) is 22.7 Å². The first kappa shape index (κ1) is 16.6. The van der Waals surface area contributed by atoms with Crippen LogP contribution < -0.4 is 20.7 Å². The number of methoxy groups -OCH3 is 1. The summed E-state index contributed by atoms with van der Waals surface area (Å²) in [4.78, 5) is 24.8. The lowest BCUT2D eigenvalue weighted by Gasteiger charge is -2.29. The van der Waals surface area contributed by atoms with Gasteiger partial charge in [0.15, 0.2) is 0 Å². The Hall–Kier alpha value is -3.28. The zero-order chi connectivity index (χ0) is 17.8. The van der Waals surface area contributed by atoms with Gasteiger partial charge in [-0.05, 0) is 25.1 Å². The van der Waals surface area contributed by atoms with Gasteiger partial charge < -0.3 is 20.7 Å². The first-order valence-corrected chi connectivity index (χ1v) is 7.87. The van der Waals surface area contributed by atoms with Crippen molar-refractivity contribution in [3.63, 3.8) is 0 Å². The molecule has 6 heteroatoms. The van der Waals surface area contributed by atoms with Gasteiger partial charge in [0.05, 0.1) is 18.7 Å². The second kappa shape index (κ2) is 7.09. The molecule has 0 aromatic heterocycles. The second-order valence-electron chi connectivity index (χ2n) is 5.63. The fourth-order valence-electron chi connectivity index (χ4n) is 2.85. The minimum absolute atomic E-state index is 0.285. The third kappa shape index (κ3) is 3.47. The van der Waals surface area contributed by atoms with Crippen LogP contribution >= 0.6 is 0 Å². The summed E-state index contributed by atoms with van der Waals surface area (Å²) >= 11 is 0. The Morgan fingerprint density at radius 2 is 1.76 bits per heavy atom. The summed E-state index contributed by atoms with van der Waals surface area (Å²) in [5, 5.41) is 8.33. The number of urea groups is 1. The predicted octanol–water partition coefficient (Wildman–Crippen LogP) is 2.96. The van der Waals surface area contributed by atoms with Crippen LogP contribution in [0.3, 0.4) is 0 Å². The molecule has 6 nitrogen and oxygen atoms in total. The molecule has 0 fully saturated rings. The number of amides is 3. The Labute approximate surface area is 145 Å². The van der Waals surface area contributed by atoms with Gasteiger partial charge in [-0.3, -0.25) is 4.79 Å². The molecule has 0 saturated carbocycles. The van der Waals surface area contributed by atoms with E-state index in [2.05, 4.69) is 16.0 Å². The van der Waals surface area contributed by atoms with Crippen LogP contribution in [-0.4, -0.2) is 19.0 Å². The maximum absolute atomic E-state index is 12.9. The van der Waals surface area contributed by atoms with Crippen LogP contribution in [0.1, 0.15) is 18.5 Å². The molecule has 0 radical (unpaired) electrons. The van der Waals surface area contributed by atoms with Crippen LogP contribution in [0, 0.1) is 0 Å². The summed E-state index contributed by atoms with van der Waals surface area (Å²) in [5.41, 5.74) is 2.35. The summed E-state index contributed by atoms with van der Waals surface area (Å²) in [7, 11) is 1.56. The molecule has 1 atom stereocenters. The topological polar surface area (TPSA) is 79.5 Å². The van der Waals surface area contributed by atoms with Gasteiger partial charge in [-0.1, -0.05) is 36.4 Å². The van der Waals surface area contributed by atoms with Gasteiger partial charge in [-0.25, -0.2) is 4.79 Å². The molecule has 3 amide bonds. The first-order chi connectivity index (χ1) is 12.1. The smallest absolute Gasteiger partial charge is 0.319 e. The van der Waals surface area contributed by atoms with Crippen LogP contribution in [0.2, 0.25) is 0 Å². The lowest BCUT2D eigenvalue weighted by Crippen LogP contribution is -2.46. The Balaban J connectivity index is 1.99. The molecule has 1 aliphatic heterocycles. The van der Waals surface area contributed by atoms with E-state index in [0.717, 1.165) is 5.56 Å². The van der Waals surface area contributed by atoms with Gasteiger partial charge in [0.2, 0.25) is 0 Å². The van der Waals surface area contributed by atoms with E-state index in [-0.39, 0.29) is 11.9 Å². The quantitative estimate of drug-likeness (QED) is 0.802. The van der Waals surface area contributed by atoms with E-state index in [1.807, 2.05) is 36.4 Å². The molecule has 0 spiro atoms. The molecule has 25 heavy (non-hydrogen) atoms. The molecule has 0 saturated heterocycles. The summed E-state index contributed by atoms with van der Waals surface area (Å²) in [6, 6.07) is 15.5. The fraction of sp³-hybridized carbons (Fsp3) is 0.158. The number of allylic oxidation sites excluding steroid dienone is 1. The number of carbonyl (C=O) groups excluding carboxylic acids is 2. The molecule has 1 aliphatic rings. The fourth-order valence-corrected chi connectivity index (χ4v) is 2.85. The number of nitrogens with one attached hydrogen (secondary N) is 3. The van der Waals surface area contributed by atoms with E-state index < -0.39 is 6.04 Å². The van der Waals surface area contributed by atoms with Gasteiger partial charge in [0.1, 0.15) is 5.75 Å². The molecule has 0 aliphatic carbocycles. The van der Waals surface area contributed by atoms with Crippen molar-refractivity contribution in [3.05, 3.63) is 71.4 Å². The van der Waals surface area contributed by atoms with Gasteiger partial charge in [0.25, 0.3) is 5.91 Å². The zero-order valence-electron chi connectivity index (χ0n) is 14.0. The Morgan fingerprint density at radius 1 is 1.08 bits per heavy atom. The molecule has 3 N–H and O–H groups in total. The molecular weight excluding hydrogens is 318 g/mol. The Kier molecular flexibility index (Phi) is 4.70. The molecule has 2 aromatic carbocycles. The minimum atomic E-state index is -0.603. The van der Waals surface area contributed by atoms with E-state index in [4.69, 9.17) is 4.74 Å². The van der Waals surface area contributed by atoms with Crippen molar-refractivity contribution in [2.24, 2.45) is 0 Å².